The molecule has 0 spiro atoms. The van der Waals surface area contributed by atoms with E-state index in [0.717, 1.165) is 34.1 Å². The summed E-state index contributed by atoms with van der Waals surface area (Å²) in [5, 5.41) is 2.71. The maximum Gasteiger partial charge on any atom is 0.329 e. The predicted octanol–water partition coefficient (Wildman–Crippen LogP) is 5.07. The van der Waals surface area contributed by atoms with Gasteiger partial charge in [-0.15, -0.1) is 23.1 Å². The van der Waals surface area contributed by atoms with Gasteiger partial charge in [0.2, 0.25) is 0 Å². The summed E-state index contributed by atoms with van der Waals surface area (Å²) in [7, 11) is 4.11. The summed E-state index contributed by atoms with van der Waals surface area (Å²) in [5.41, 5.74) is 2.25. The van der Waals surface area contributed by atoms with Gasteiger partial charge in [-0.1, -0.05) is 42.5 Å². The zero-order chi connectivity index (χ0) is 23.9. The highest BCUT2D eigenvalue weighted by Gasteiger charge is 2.33. The largest absolute Gasteiger partial charge is 0.489 e. The van der Waals surface area contributed by atoms with Crippen molar-refractivity contribution in [3.63, 3.8) is 0 Å². The number of carbonyl (C=O) groups excluding carboxylic acids is 2. The lowest BCUT2D eigenvalue weighted by molar-refractivity contribution is -0.123. The summed E-state index contributed by atoms with van der Waals surface area (Å²) in [5.74, 6) is 1.43. The van der Waals surface area contributed by atoms with Crippen LogP contribution in [0.25, 0.3) is 6.08 Å². The van der Waals surface area contributed by atoms with Gasteiger partial charge in [0.15, 0.2) is 0 Å². The highest BCUT2D eigenvalue weighted by molar-refractivity contribution is 8.01. The van der Waals surface area contributed by atoms with Crippen LogP contribution in [0, 0.1) is 0 Å². The molecule has 0 radical (unpaired) electrons. The summed E-state index contributed by atoms with van der Waals surface area (Å²) in [6.45, 7) is 1.69. The Hall–Kier alpha value is -3.07. The molecule has 3 amide bonds. The van der Waals surface area contributed by atoms with Crippen LogP contribution in [0.3, 0.4) is 0 Å². The molecule has 0 atom stereocenters. The van der Waals surface area contributed by atoms with E-state index in [1.165, 1.54) is 9.11 Å². The fraction of sp³-hybridized carbons (Fsp3) is 0.231. The Morgan fingerprint density at radius 3 is 2.50 bits per heavy atom. The van der Waals surface area contributed by atoms with Crippen molar-refractivity contribution < 1.29 is 14.3 Å². The second kappa shape index (κ2) is 11.4. The Morgan fingerprint density at radius 1 is 1.00 bits per heavy atom. The average Bonchev–Trinajstić information content (AvgIpc) is 3.38. The molecule has 2 heterocycles. The topological polar surface area (TPSA) is 61.9 Å². The summed E-state index contributed by atoms with van der Waals surface area (Å²) in [6.07, 6.45) is 1.75. The van der Waals surface area contributed by atoms with E-state index in [0.29, 0.717) is 12.3 Å². The van der Waals surface area contributed by atoms with Crippen LogP contribution in [0.2, 0.25) is 0 Å². The van der Waals surface area contributed by atoms with Crippen LogP contribution in [0.4, 0.5) is 4.79 Å². The van der Waals surface area contributed by atoms with Crippen LogP contribution in [0.5, 0.6) is 5.75 Å². The van der Waals surface area contributed by atoms with Crippen molar-refractivity contribution in [2.24, 2.45) is 0 Å². The van der Waals surface area contributed by atoms with Crippen molar-refractivity contribution >= 4 is 41.1 Å². The minimum Gasteiger partial charge on any atom is -0.489 e. The number of ether oxygens (including phenoxy) is 1. The first-order chi connectivity index (χ1) is 16.5. The number of thioether (sulfide) groups is 1. The monoisotopic (exact) mass is 493 g/mol. The molecular formula is C26H27N3O3S2. The fourth-order valence-corrected chi connectivity index (χ4v) is 5.57. The first-order valence-corrected chi connectivity index (χ1v) is 12.8. The second-order valence-corrected chi connectivity index (χ2v) is 10.6. The Labute approximate surface area is 208 Å². The number of thiophene rings is 1. The van der Waals surface area contributed by atoms with Gasteiger partial charge in [0, 0.05) is 17.2 Å². The zero-order valence-corrected chi connectivity index (χ0v) is 20.8. The van der Waals surface area contributed by atoms with E-state index in [1.807, 2.05) is 60.7 Å². The third-order valence-electron chi connectivity index (χ3n) is 5.15. The van der Waals surface area contributed by atoms with Crippen LogP contribution < -0.4 is 10.1 Å². The molecule has 0 unspecified atom stereocenters. The van der Waals surface area contributed by atoms with Gasteiger partial charge >= 0.3 is 6.03 Å². The minimum absolute atomic E-state index is 0.205. The lowest BCUT2D eigenvalue weighted by atomic mass is 10.2. The van der Waals surface area contributed by atoms with Gasteiger partial charge in [0.1, 0.15) is 18.1 Å². The van der Waals surface area contributed by atoms with Gasteiger partial charge in [-0.3, -0.25) is 9.69 Å². The van der Waals surface area contributed by atoms with Gasteiger partial charge in [0.05, 0.1) is 10.8 Å². The van der Waals surface area contributed by atoms with Gasteiger partial charge in [-0.2, -0.15) is 0 Å². The van der Waals surface area contributed by atoms with Gasteiger partial charge in [-0.25, -0.2) is 4.79 Å². The summed E-state index contributed by atoms with van der Waals surface area (Å²) in [6, 6.07) is 21.0. The molecule has 1 N–H and O–H groups in total. The molecule has 1 aromatic heterocycles. The molecule has 0 bridgehead atoms. The van der Waals surface area contributed by atoms with Crippen LogP contribution in [0.15, 0.2) is 76.6 Å². The van der Waals surface area contributed by atoms with Crippen LogP contribution >= 0.6 is 23.1 Å². The maximum absolute atomic E-state index is 12.8. The van der Waals surface area contributed by atoms with Crippen molar-refractivity contribution in [2.75, 3.05) is 26.4 Å². The predicted molar refractivity (Wildman–Crippen MR) is 138 cm³/mol. The van der Waals surface area contributed by atoms with Crippen molar-refractivity contribution in [3.8, 4) is 5.75 Å². The number of rotatable bonds is 10. The van der Waals surface area contributed by atoms with Crippen molar-refractivity contribution in [1.82, 2.24) is 15.1 Å². The quantitative estimate of drug-likeness (QED) is 0.243. The van der Waals surface area contributed by atoms with E-state index in [4.69, 9.17) is 4.74 Å². The number of nitrogens with zero attached hydrogens (tertiary/aromatic N) is 2. The minimum atomic E-state index is -0.405. The second-order valence-electron chi connectivity index (χ2n) is 8.11. The lowest BCUT2D eigenvalue weighted by Crippen LogP contribution is -2.30. The standard InChI is InChI=1S/C26H27N3O3S2/c1-28(2)14-15-33-24-13-12-22(34-24)16-23-25(30)29(26(31)27-23)17-19-8-10-21(11-9-19)32-18-20-6-4-3-5-7-20/h3-13,16H,14-15,17-18H2,1-2H3,(H,27,31)/b23-16-. The summed E-state index contributed by atoms with van der Waals surface area (Å²) >= 11 is 3.41. The Kier molecular flexibility index (Phi) is 8.05. The molecular weight excluding hydrogens is 466 g/mol. The molecule has 1 saturated heterocycles. The van der Waals surface area contributed by atoms with Crippen LogP contribution in [0.1, 0.15) is 16.0 Å². The van der Waals surface area contributed by atoms with Crippen LogP contribution in [-0.2, 0) is 17.9 Å². The molecule has 0 saturated carbocycles. The molecule has 2 aromatic carbocycles. The molecule has 1 aliphatic rings. The van der Waals surface area contributed by atoms with Crippen molar-refractivity contribution in [2.45, 2.75) is 17.4 Å². The summed E-state index contributed by atoms with van der Waals surface area (Å²) in [4.78, 5) is 29.6. The number of nitrogens with one attached hydrogen (secondary N) is 1. The molecule has 1 fully saturated rings. The molecule has 6 nitrogen and oxygen atoms in total. The van der Waals surface area contributed by atoms with E-state index >= 15 is 0 Å². The third-order valence-corrected chi connectivity index (χ3v) is 7.38. The Balaban J connectivity index is 1.33. The molecule has 3 aromatic rings. The highest BCUT2D eigenvalue weighted by Crippen LogP contribution is 2.29. The van der Waals surface area contributed by atoms with E-state index in [-0.39, 0.29) is 12.5 Å². The van der Waals surface area contributed by atoms with Crippen molar-refractivity contribution in [3.05, 3.63) is 88.4 Å². The van der Waals surface area contributed by atoms with E-state index in [1.54, 1.807) is 29.2 Å². The molecule has 0 aliphatic carbocycles. The first kappa shape index (κ1) is 24.1. The third kappa shape index (κ3) is 6.50. The molecule has 176 valence electrons. The van der Waals surface area contributed by atoms with E-state index in [2.05, 4.69) is 30.4 Å². The normalized spacial score (nSPS) is 14.8. The molecule has 34 heavy (non-hydrogen) atoms. The number of urea groups is 1. The molecule has 8 heteroatoms. The summed E-state index contributed by atoms with van der Waals surface area (Å²) < 4.78 is 7.00. The first-order valence-electron chi connectivity index (χ1n) is 11.0. The molecule has 1 aliphatic heterocycles. The van der Waals surface area contributed by atoms with Gasteiger partial charge < -0.3 is 15.0 Å². The lowest BCUT2D eigenvalue weighted by Gasteiger charge is -2.12. The van der Waals surface area contributed by atoms with E-state index < -0.39 is 6.03 Å². The SMILES string of the molecule is CN(C)CCSc1ccc(/C=C2\NC(=O)N(Cc3ccc(OCc4ccccc4)cc3)C2=O)s1. The highest BCUT2D eigenvalue weighted by atomic mass is 32.2. The number of imide groups is 1. The number of hydrogen-bond donors (Lipinski definition) is 1. The van der Waals surface area contributed by atoms with Gasteiger partial charge in [-0.05, 0) is 55.6 Å². The number of benzene rings is 2. The maximum atomic E-state index is 12.8. The van der Waals surface area contributed by atoms with Crippen LogP contribution in [-0.4, -0.2) is 48.1 Å². The fourth-order valence-electron chi connectivity index (χ4n) is 3.29. The van der Waals surface area contributed by atoms with E-state index in [9.17, 15) is 9.59 Å². The Morgan fingerprint density at radius 2 is 1.76 bits per heavy atom. The van der Waals surface area contributed by atoms with Crippen molar-refractivity contribution in [1.29, 1.82) is 0 Å². The zero-order valence-electron chi connectivity index (χ0n) is 19.2. The molecule has 4 rings (SSSR count). The number of hydrogen-bond acceptors (Lipinski definition) is 6. The Bertz CT molecular complexity index is 1160. The van der Waals surface area contributed by atoms with Gasteiger partial charge in [0.25, 0.3) is 5.91 Å². The smallest absolute Gasteiger partial charge is 0.329 e. The number of carbonyl (C=O) groups is 2. The average molecular weight is 494 g/mol. The number of amides is 3.